The Morgan fingerprint density at radius 2 is 1.89 bits per heavy atom. The van der Waals surface area contributed by atoms with Crippen LogP contribution in [0.4, 0.5) is 5.69 Å². The van der Waals surface area contributed by atoms with Crippen LogP contribution in [0.3, 0.4) is 0 Å². The lowest BCUT2D eigenvalue weighted by atomic mass is 10.2. The summed E-state index contributed by atoms with van der Waals surface area (Å²) in [5.74, 6) is -0.602. The summed E-state index contributed by atoms with van der Waals surface area (Å²) in [5.41, 5.74) is 0.586. The van der Waals surface area contributed by atoms with Gasteiger partial charge in [0, 0.05) is 19.8 Å². The van der Waals surface area contributed by atoms with Crippen molar-refractivity contribution in [2.45, 2.75) is 6.42 Å². The second-order valence-electron chi connectivity index (χ2n) is 4.80. The molecule has 0 radical (unpaired) electrons. The average molecular weight is 301 g/mol. The van der Waals surface area contributed by atoms with E-state index in [1.54, 1.807) is 32.3 Å². The Morgan fingerprint density at radius 3 is 2.47 bits per heavy atom. The molecule has 2 amide bonds. The minimum Gasteiger partial charge on any atom is -0.349 e. The van der Waals surface area contributed by atoms with Crippen molar-refractivity contribution in [2.75, 3.05) is 19.4 Å². The number of carbonyl (C=O) groups is 2. The predicted molar refractivity (Wildman–Crippen MR) is 75.4 cm³/mol. The number of amides is 2. The standard InChI is InChI=1S/C13H14Cl2N2O2/c1-17(2)13(19)9-6-8(9)12(18)16-7-3-4-10(14)11(15)5-7/h3-5,8-9H,6H2,1-2H3,(H,16,18)/t8-,9+/m0/s1. The molecule has 1 aliphatic rings. The first-order valence-electron chi connectivity index (χ1n) is 5.87. The van der Waals surface area contributed by atoms with Crippen LogP contribution >= 0.6 is 23.2 Å². The molecule has 102 valence electrons. The van der Waals surface area contributed by atoms with E-state index in [4.69, 9.17) is 23.2 Å². The van der Waals surface area contributed by atoms with Crippen LogP contribution in [0.15, 0.2) is 18.2 Å². The molecule has 6 heteroatoms. The van der Waals surface area contributed by atoms with Crippen LogP contribution < -0.4 is 5.32 Å². The Bertz CT molecular complexity index is 531. The fourth-order valence-electron chi connectivity index (χ4n) is 1.90. The fraction of sp³-hybridized carbons (Fsp3) is 0.385. The summed E-state index contributed by atoms with van der Waals surface area (Å²) in [4.78, 5) is 25.1. The van der Waals surface area contributed by atoms with Gasteiger partial charge in [-0.25, -0.2) is 0 Å². The summed E-state index contributed by atoms with van der Waals surface area (Å²) >= 11 is 11.7. The van der Waals surface area contributed by atoms with E-state index in [9.17, 15) is 9.59 Å². The number of rotatable bonds is 3. The van der Waals surface area contributed by atoms with Crippen molar-refractivity contribution in [1.82, 2.24) is 4.90 Å². The number of halogens is 2. The minimum atomic E-state index is -0.246. The minimum absolute atomic E-state index is 0.00529. The van der Waals surface area contributed by atoms with Crippen molar-refractivity contribution in [3.63, 3.8) is 0 Å². The first kappa shape index (κ1) is 14.2. The number of benzene rings is 1. The summed E-state index contributed by atoms with van der Waals surface area (Å²) in [7, 11) is 3.38. The number of nitrogens with one attached hydrogen (secondary N) is 1. The van der Waals surface area contributed by atoms with Crippen LogP contribution in [0, 0.1) is 11.8 Å². The van der Waals surface area contributed by atoms with Crippen molar-refractivity contribution >= 4 is 40.7 Å². The third-order valence-electron chi connectivity index (χ3n) is 3.07. The second kappa shape index (κ2) is 5.39. The van der Waals surface area contributed by atoms with E-state index in [1.165, 1.54) is 4.90 Å². The molecule has 1 aromatic carbocycles. The molecule has 0 spiro atoms. The molecule has 1 N–H and O–H groups in total. The highest BCUT2D eigenvalue weighted by Crippen LogP contribution is 2.40. The number of anilines is 1. The molecule has 0 aromatic heterocycles. The Kier molecular flexibility index (Phi) is 4.02. The number of hydrogen-bond acceptors (Lipinski definition) is 2. The number of hydrogen-bond donors (Lipinski definition) is 1. The molecule has 19 heavy (non-hydrogen) atoms. The van der Waals surface area contributed by atoms with Gasteiger partial charge in [0.1, 0.15) is 0 Å². The molecule has 0 bridgehead atoms. The van der Waals surface area contributed by atoms with Crippen molar-refractivity contribution in [3.8, 4) is 0 Å². The molecule has 0 heterocycles. The van der Waals surface area contributed by atoms with E-state index in [1.807, 2.05) is 0 Å². The topological polar surface area (TPSA) is 49.4 Å². The molecule has 0 aliphatic heterocycles. The Labute approximate surface area is 121 Å². The van der Waals surface area contributed by atoms with Crippen molar-refractivity contribution in [3.05, 3.63) is 28.2 Å². The number of nitrogens with zero attached hydrogens (tertiary/aromatic N) is 1. The summed E-state index contributed by atoms with van der Waals surface area (Å²) in [6.07, 6.45) is 0.601. The van der Waals surface area contributed by atoms with Crippen molar-refractivity contribution in [2.24, 2.45) is 11.8 Å². The van der Waals surface area contributed by atoms with Crippen molar-refractivity contribution in [1.29, 1.82) is 0 Å². The van der Waals surface area contributed by atoms with Gasteiger partial charge in [-0.2, -0.15) is 0 Å². The molecular formula is C13H14Cl2N2O2. The van der Waals surface area contributed by atoms with Crippen LogP contribution in [0.1, 0.15) is 6.42 Å². The summed E-state index contributed by atoms with van der Waals surface area (Å²) in [5, 5.41) is 3.57. The first-order valence-corrected chi connectivity index (χ1v) is 6.63. The summed E-state index contributed by atoms with van der Waals surface area (Å²) in [6.45, 7) is 0. The molecule has 4 nitrogen and oxygen atoms in total. The highest BCUT2D eigenvalue weighted by molar-refractivity contribution is 6.42. The van der Waals surface area contributed by atoms with Crippen LogP contribution in [0.2, 0.25) is 10.0 Å². The van der Waals surface area contributed by atoms with Gasteiger partial charge in [-0.15, -0.1) is 0 Å². The smallest absolute Gasteiger partial charge is 0.228 e. The maximum Gasteiger partial charge on any atom is 0.228 e. The van der Waals surface area contributed by atoms with Crippen LogP contribution in [0.25, 0.3) is 0 Å². The van der Waals surface area contributed by atoms with E-state index in [0.717, 1.165) is 0 Å². The molecule has 1 aliphatic carbocycles. The first-order chi connectivity index (χ1) is 8.90. The van der Waals surface area contributed by atoms with E-state index in [0.29, 0.717) is 22.2 Å². The Balaban J connectivity index is 1.96. The van der Waals surface area contributed by atoms with Gasteiger partial charge >= 0.3 is 0 Å². The fourth-order valence-corrected chi connectivity index (χ4v) is 2.20. The molecule has 0 saturated heterocycles. The van der Waals surface area contributed by atoms with E-state index >= 15 is 0 Å². The largest absolute Gasteiger partial charge is 0.349 e. The van der Waals surface area contributed by atoms with Gasteiger partial charge in [0.2, 0.25) is 11.8 Å². The van der Waals surface area contributed by atoms with Crippen molar-refractivity contribution < 1.29 is 9.59 Å². The third-order valence-corrected chi connectivity index (χ3v) is 3.81. The van der Waals surface area contributed by atoms with Gasteiger partial charge in [-0.05, 0) is 24.6 Å². The lowest BCUT2D eigenvalue weighted by Gasteiger charge is -2.10. The number of carbonyl (C=O) groups excluding carboxylic acids is 2. The molecule has 2 atom stereocenters. The lowest BCUT2D eigenvalue weighted by Crippen LogP contribution is -2.26. The normalized spacial score (nSPS) is 20.8. The zero-order chi connectivity index (χ0) is 14.2. The molecule has 1 saturated carbocycles. The molecule has 0 unspecified atom stereocenters. The lowest BCUT2D eigenvalue weighted by molar-refractivity contribution is -0.131. The Hall–Kier alpha value is -1.26. The maximum absolute atomic E-state index is 12.0. The monoisotopic (exact) mass is 300 g/mol. The third kappa shape index (κ3) is 3.19. The summed E-state index contributed by atoms with van der Waals surface area (Å²) < 4.78 is 0. The molecule has 2 rings (SSSR count). The highest BCUT2D eigenvalue weighted by atomic mass is 35.5. The maximum atomic E-state index is 12.0. The zero-order valence-corrected chi connectivity index (χ0v) is 12.1. The van der Waals surface area contributed by atoms with Gasteiger partial charge in [0.15, 0.2) is 0 Å². The molecule has 1 aromatic rings. The average Bonchev–Trinajstić information content (AvgIpc) is 3.13. The Morgan fingerprint density at radius 1 is 1.21 bits per heavy atom. The highest BCUT2D eigenvalue weighted by Gasteiger charge is 2.48. The SMILES string of the molecule is CN(C)C(=O)[C@@H]1C[C@@H]1C(=O)Nc1ccc(Cl)c(Cl)c1. The summed E-state index contributed by atoms with van der Waals surface area (Å²) in [6, 6.07) is 4.89. The van der Waals surface area contributed by atoms with Gasteiger partial charge in [-0.1, -0.05) is 23.2 Å². The van der Waals surface area contributed by atoms with Gasteiger partial charge < -0.3 is 10.2 Å². The molecular weight excluding hydrogens is 287 g/mol. The van der Waals surface area contributed by atoms with E-state index in [-0.39, 0.29) is 23.7 Å². The predicted octanol–water partition coefficient (Wildman–Crippen LogP) is 2.66. The van der Waals surface area contributed by atoms with Gasteiger partial charge in [0.05, 0.1) is 21.9 Å². The zero-order valence-electron chi connectivity index (χ0n) is 10.6. The molecule has 1 fully saturated rings. The quantitative estimate of drug-likeness (QED) is 0.933. The van der Waals surface area contributed by atoms with E-state index in [2.05, 4.69) is 5.32 Å². The van der Waals surface area contributed by atoms with E-state index < -0.39 is 0 Å². The second-order valence-corrected chi connectivity index (χ2v) is 5.61. The van der Waals surface area contributed by atoms with Crippen LogP contribution in [-0.4, -0.2) is 30.8 Å². The van der Waals surface area contributed by atoms with Crippen LogP contribution in [-0.2, 0) is 9.59 Å². The van der Waals surface area contributed by atoms with Gasteiger partial charge in [0.25, 0.3) is 0 Å². The van der Waals surface area contributed by atoms with Crippen LogP contribution in [0.5, 0.6) is 0 Å². The van der Waals surface area contributed by atoms with Gasteiger partial charge in [-0.3, -0.25) is 9.59 Å².